The monoisotopic (exact) mass is 262 g/mol. The molecule has 2 heteroatoms. The highest BCUT2D eigenvalue weighted by atomic mass is 14.9. The molecule has 0 fully saturated rings. The Labute approximate surface area is 119 Å². The lowest BCUT2D eigenvalue weighted by Gasteiger charge is -2.26. The Balaban J connectivity index is 2.46. The van der Waals surface area contributed by atoms with Gasteiger partial charge in [-0.15, -0.1) is 0 Å². The van der Waals surface area contributed by atoms with Crippen molar-refractivity contribution in [2.45, 2.75) is 45.4 Å². The first-order chi connectivity index (χ1) is 9.10. The van der Waals surface area contributed by atoms with Crippen LogP contribution >= 0.6 is 0 Å². The third-order valence-electron chi connectivity index (χ3n) is 3.62. The molecule has 0 saturated heterocycles. The van der Waals surface area contributed by atoms with Gasteiger partial charge in [0.15, 0.2) is 0 Å². The summed E-state index contributed by atoms with van der Waals surface area (Å²) >= 11 is 0. The van der Waals surface area contributed by atoms with E-state index in [9.17, 15) is 0 Å². The van der Waals surface area contributed by atoms with Gasteiger partial charge in [-0.1, -0.05) is 51.5 Å². The van der Waals surface area contributed by atoms with Gasteiger partial charge in [-0.3, -0.25) is 0 Å². The Hall–Kier alpha value is -0.860. The van der Waals surface area contributed by atoms with Crippen LogP contribution in [0.5, 0.6) is 0 Å². The topological polar surface area (TPSA) is 24.1 Å². The standard InChI is InChI=1S/C17H30N2/c1-5-7-15-8-10-16(11-9-15)17(2,3)14-19-13-6-12-18-4/h8-11,18-19H,5-7,12-14H2,1-4H3. The van der Waals surface area contributed by atoms with Crippen molar-refractivity contribution in [3.8, 4) is 0 Å². The fraction of sp³-hybridized carbons (Fsp3) is 0.647. The van der Waals surface area contributed by atoms with Crippen molar-refractivity contribution in [2.75, 3.05) is 26.7 Å². The number of benzene rings is 1. The van der Waals surface area contributed by atoms with Crippen LogP contribution in [0.2, 0.25) is 0 Å². The summed E-state index contributed by atoms with van der Waals surface area (Å²) in [4.78, 5) is 0. The molecule has 0 bridgehead atoms. The van der Waals surface area contributed by atoms with Gasteiger partial charge in [-0.05, 0) is 44.1 Å². The van der Waals surface area contributed by atoms with Crippen LogP contribution in [0.25, 0.3) is 0 Å². The number of rotatable bonds is 9. The van der Waals surface area contributed by atoms with Gasteiger partial charge in [0.1, 0.15) is 0 Å². The lowest BCUT2D eigenvalue weighted by Crippen LogP contribution is -2.34. The van der Waals surface area contributed by atoms with Crippen molar-refractivity contribution >= 4 is 0 Å². The quantitative estimate of drug-likeness (QED) is 0.668. The average molecular weight is 262 g/mol. The van der Waals surface area contributed by atoms with E-state index in [0.717, 1.165) is 19.6 Å². The van der Waals surface area contributed by atoms with Crippen LogP contribution < -0.4 is 10.6 Å². The Morgan fingerprint density at radius 3 is 2.32 bits per heavy atom. The molecule has 0 heterocycles. The SMILES string of the molecule is CCCc1ccc(C(C)(C)CNCCCNC)cc1. The van der Waals surface area contributed by atoms with Crippen molar-refractivity contribution in [3.05, 3.63) is 35.4 Å². The molecule has 0 radical (unpaired) electrons. The molecule has 0 unspecified atom stereocenters. The first-order valence-corrected chi connectivity index (χ1v) is 7.55. The number of hydrogen-bond donors (Lipinski definition) is 2. The molecule has 0 amide bonds. The van der Waals surface area contributed by atoms with Crippen LogP contribution in [0, 0.1) is 0 Å². The van der Waals surface area contributed by atoms with Crippen LogP contribution in [-0.2, 0) is 11.8 Å². The maximum absolute atomic E-state index is 3.56. The number of nitrogens with one attached hydrogen (secondary N) is 2. The fourth-order valence-corrected chi connectivity index (χ4v) is 2.30. The molecule has 108 valence electrons. The summed E-state index contributed by atoms with van der Waals surface area (Å²) in [5.74, 6) is 0. The van der Waals surface area contributed by atoms with Gasteiger partial charge >= 0.3 is 0 Å². The zero-order chi connectivity index (χ0) is 14.1. The van der Waals surface area contributed by atoms with Crippen molar-refractivity contribution in [2.24, 2.45) is 0 Å². The second kappa shape index (κ2) is 8.34. The highest BCUT2D eigenvalue weighted by molar-refractivity contribution is 5.28. The molecule has 0 aliphatic carbocycles. The lowest BCUT2D eigenvalue weighted by molar-refractivity contribution is 0.464. The Morgan fingerprint density at radius 1 is 1.05 bits per heavy atom. The van der Waals surface area contributed by atoms with Crippen molar-refractivity contribution in [3.63, 3.8) is 0 Å². The van der Waals surface area contributed by atoms with Gasteiger partial charge in [0.2, 0.25) is 0 Å². The van der Waals surface area contributed by atoms with Crippen molar-refractivity contribution < 1.29 is 0 Å². The summed E-state index contributed by atoms with van der Waals surface area (Å²) in [7, 11) is 2.00. The van der Waals surface area contributed by atoms with E-state index in [0.29, 0.717) is 0 Å². The summed E-state index contributed by atoms with van der Waals surface area (Å²) < 4.78 is 0. The summed E-state index contributed by atoms with van der Waals surface area (Å²) in [6.45, 7) is 10.0. The molecule has 0 aromatic heterocycles. The second-order valence-corrected chi connectivity index (χ2v) is 5.96. The molecule has 1 aromatic carbocycles. The lowest BCUT2D eigenvalue weighted by atomic mass is 9.84. The van der Waals surface area contributed by atoms with E-state index >= 15 is 0 Å². The third-order valence-corrected chi connectivity index (χ3v) is 3.62. The molecule has 0 spiro atoms. The largest absolute Gasteiger partial charge is 0.320 e. The van der Waals surface area contributed by atoms with Gasteiger partial charge in [0.05, 0.1) is 0 Å². The van der Waals surface area contributed by atoms with Gasteiger partial charge in [-0.2, -0.15) is 0 Å². The molecule has 0 saturated carbocycles. The molecule has 2 nitrogen and oxygen atoms in total. The normalized spacial score (nSPS) is 11.8. The van der Waals surface area contributed by atoms with Crippen LogP contribution in [-0.4, -0.2) is 26.7 Å². The van der Waals surface area contributed by atoms with Crippen LogP contribution in [0.3, 0.4) is 0 Å². The van der Waals surface area contributed by atoms with Crippen molar-refractivity contribution in [1.82, 2.24) is 10.6 Å². The van der Waals surface area contributed by atoms with Gasteiger partial charge in [0, 0.05) is 12.0 Å². The van der Waals surface area contributed by atoms with Gasteiger partial charge < -0.3 is 10.6 Å². The fourth-order valence-electron chi connectivity index (χ4n) is 2.30. The molecule has 0 atom stereocenters. The minimum atomic E-state index is 0.199. The Bertz CT molecular complexity index is 341. The summed E-state index contributed by atoms with van der Waals surface area (Å²) in [5, 5.41) is 6.73. The molecule has 1 rings (SSSR count). The maximum atomic E-state index is 3.56. The highest BCUT2D eigenvalue weighted by Crippen LogP contribution is 2.22. The van der Waals surface area contributed by atoms with Crippen LogP contribution in [0.4, 0.5) is 0 Å². The zero-order valence-electron chi connectivity index (χ0n) is 13.1. The van der Waals surface area contributed by atoms with E-state index < -0.39 is 0 Å². The second-order valence-electron chi connectivity index (χ2n) is 5.96. The summed E-state index contributed by atoms with van der Waals surface area (Å²) in [6, 6.07) is 9.14. The predicted molar refractivity (Wildman–Crippen MR) is 84.9 cm³/mol. The Kier molecular flexibility index (Phi) is 7.11. The van der Waals surface area contributed by atoms with E-state index in [4.69, 9.17) is 0 Å². The van der Waals surface area contributed by atoms with Crippen LogP contribution in [0.1, 0.15) is 44.7 Å². The molecule has 1 aromatic rings. The Morgan fingerprint density at radius 2 is 1.74 bits per heavy atom. The molecule has 0 aliphatic rings. The van der Waals surface area contributed by atoms with E-state index in [1.165, 1.54) is 30.4 Å². The minimum Gasteiger partial charge on any atom is -0.320 e. The van der Waals surface area contributed by atoms with E-state index in [1.807, 2.05) is 7.05 Å². The van der Waals surface area contributed by atoms with E-state index in [1.54, 1.807) is 0 Å². The predicted octanol–water partition coefficient (Wildman–Crippen LogP) is 3.12. The maximum Gasteiger partial charge on any atom is 0.00431 e. The summed E-state index contributed by atoms with van der Waals surface area (Å²) in [5.41, 5.74) is 3.07. The highest BCUT2D eigenvalue weighted by Gasteiger charge is 2.19. The minimum absolute atomic E-state index is 0.199. The molecule has 0 aliphatic heterocycles. The molecule has 2 N–H and O–H groups in total. The third kappa shape index (κ3) is 5.75. The van der Waals surface area contributed by atoms with E-state index in [2.05, 4.69) is 55.7 Å². The van der Waals surface area contributed by atoms with Gasteiger partial charge in [-0.25, -0.2) is 0 Å². The molecular formula is C17H30N2. The van der Waals surface area contributed by atoms with E-state index in [-0.39, 0.29) is 5.41 Å². The first kappa shape index (κ1) is 16.2. The average Bonchev–Trinajstić information content (AvgIpc) is 2.39. The van der Waals surface area contributed by atoms with Crippen LogP contribution in [0.15, 0.2) is 24.3 Å². The van der Waals surface area contributed by atoms with Crippen molar-refractivity contribution in [1.29, 1.82) is 0 Å². The first-order valence-electron chi connectivity index (χ1n) is 7.55. The molecule has 19 heavy (non-hydrogen) atoms. The molecular weight excluding hydrogens is 232 g/mol. The van der Waals surface area contributed by atoms with Gasteiger partial charge in [0.25, 0.3) is 0 Å². The number of aryl methyl sites for hydroxylation is 1. The summed E-state index contributed by atoms with van der Waals surface area (Å²) in [6.07, 6.45) is 3.58. The zero-order valence-corrected chi connectivity index (χ0v) is 13.1. The smallest absolute Gasteiger partial charge is 0.00431 e. The number of hydrogen-bond acceptors (Lipinski definition) is 2.